The summed E-state index contributed by atoms with van der Waals surface area (Å²) < 4.78 is 5.34. The lowest BCUT2D eigenvalue weighted by Gasteiger charge is -2.09. The molecule has 2 heterocycles. The number of ether oxygens (including phenoxy) is 1. The Balaban J connectivity index is 1.49. The number of aromatic nitrogens is 3. The summed E-state index contributed by atoms with van der Waals surface area (Å²) in [7, 11) is 1.66. The van der Waals surface area contributed by atoms with Crippen LogP contribution in [0.25, 0.3) is 0 Å². The van der Waals surface area contributed by atoms with Crippen LogP contribution in [-0.4, -0.2) is 34.5 Å². The van der Waals surface area contributed by atoms with Crippen LogP contribution in [0.3, 0.4) is 0 Å². The van der Waals surface area contributed by atoms with Crippen molar-refractivity contribution in [2.24, 2.45) is 0 Å². The number of amides is 1. The Bertz CT molecular complexity index is 869. The molecule has 3 aromatic rings. The molecule has 0 saturated carbocycles. The fraction of sp³-hybridized carbons (Fsp3) is 0.200. The summed E-state index contributed by atoms with van der Waals surface area (Å²) in [5, 5.41) is 6.01. The maximum atomic E-state index is 12.1. The van der Waals surface area contributed by atoms with E-state index in [9.17, 15) is 4.79 Å². The molecule has 0 bridgehead atoms. The molecule has 0 spiro atoms. The van der Waals surface area contributed by atoms with Crippen LogP contribution in [0.15, 0.2) is 61.2 Å². The van der Waals surface area contributed by atoms with Crippen molar-refractivity contribution in [3.63, 3.8) is 0 Å². The highest BCUT2D eigenvalue weighted by Crippen LogP contribution is 2.17. The fourth-order valence-electron chi connectivity index (χ4n) is 2.54. The normalized spacial score (nSPS) is 10.3. The van der Waals surface area contributed by atoms with Crippen molar-refractivity contribution >= 4 is 11.7 Å². The van der Waals surface area contributed by atoms with Crippen molar-refractivity contribution in [1.29, 1.82) is 0 Å². The van der Waals surface area contributed by atoms with Crippen LogP contribution in [0.5, 0.6) is 5.75 Å². The fourth-order valence-corrected chi connectivity index (χ4v) is 2.54. The number of anilines is 1. The molecule has 27 heavy (non-hydrogen) atoms. The van der Waals surface area contributed by atoms with E-state index in [-0.39, 0.29) is 11.6 Å². The standard InChI is InChI=1S/C20H21N5O2/c1-27-18-5-3-2-4-16(18)8-11-22-19-14-23-17(13-24-19)20(26)25-12-15-6-9-21-10-7-15/h2-7,9-10,13-14H,8,11-12H2,1H3,(H,22,24)(H,25,26). The Hall–Kier alpha value is -3.48. The van der Waals surface area contributed by atoms with Gasteiger partial charge in [-0.1, -0.05) is 18.2 Å². The van der Waals surface area contributed by atoms with Crippen molar-refractivity contribution in [1.82, 2.24) is 20.3 Å². The summed E-state index contributed by atoms with van der Waals surface area (Å²) in [5.74, 6) is 1.22. The summed E-state index contributed by atoms with van der Waals surface area (Å²) in [6.07, 6.45) is 7.19. The van der Waals surface area contributed by atoms with Crippen molar-refractivity contribution < 1.29 is 9.53 Å². The van der Waals surface area contributed by atoms with Crippen LogP contribution in [0, 0.1) is 0 Å². The summed E-state index contributed by atoms with van der Waals surface area (Å²) >= 11 is 0. The van der Waals surface area contributed by atoms with Gasteiger partial charge >= 0.3 is 0 Å². The van der Waals surface area contributed by atoms with Gasteiger partial charge in [-0.2, -0.15) is 0 Å². The predicted molar refractivity (Wildman–Crippen MR) is 103 cm³/mol. The number of pyridine rings is 1. The molecule has 0 unspecified atom stereocenters. The molecular formula is C20H21N5O2. The van der Waals surface area contributed by atoms with E-state index >= 15 is 0 Å². The zero-order valence-corrected chi connectivity index (χ0v) is 15.1. The number of hydrogen-bond donors (Lipinski definition) is 2. The number of methoxy groups -OCH3 is 1. The van der Waals surface area contributed by atoms with Gasteiger partial charge in [-0.15, -0.1) is 0 Å². The lowest BCUT2D eigenvalue weighted by atomic mass is 10.1. The Morgan fingerprint density at radius 2 is 1.89 bits per heavy atom. The molecule has 1 aromatic carbocycles. The Kier molecular flexibility index (Phi) is 6.30. The lowest BCUT2D eigenvalue weighted by molar-refractivity contribution is 0.0945. The van der Waals surface area contributed by atoms with E-state index in [4.69, 9.17) is 4.74 Å². The molecule has 0 aliphatic rings. The summed E-state index contributed by atoms with van der Waals surface area (Å²) in [6, 6.07) is 11.6. The van der Waals surface area contributed by atoms with Gasteiger partial charge in [-0.25, -0.2) is 9.97 Å². The zero-order valence-electron chi connectivity index (χ0n) is 15.1. The van der Waals surface area contributed by atoms with Crippen LogP contribution in [0.1, 0.15) is 21.6 Å². The Morgan fingerprint density at radius 1 is 1.07 bits per heavy atom. The van der Waals surface area contributed by atoms with Crippen molar-refractivity contribution in [2.45, 2.75) is 13.0 Å². The van der Waals surface area contributed by atoms with Crippen LogP contribution in [0.2, 0.25) is 0 Å². The van der Waals surface area contributed by atoms with Crippen molar-refractivity contribution in [3.05, 3.63) is 78.0 Å². The maximum Gasteiger partial charge on any atom is 0.271 e. The minimum atomic E-state index is -0.264. The van der Waals surface area contributed by atoms with E-state index in [2.05, 4.69) is 25.6 Å². The third kappa shape index (κ3) is 5.24. The third-order valence-electron chi connectivity index (χ3n) is 3.98. The lowest BCUT2D eigenvalue weighted by Crippen LogP contribution is -2.24. The smallest absolute Gasteiger partial charge is 0.271 e. The van der Waals surface area contributed by atoms with Gasteiger partial charge in [-0.3, -0.25) is 9.78 Å². The summed E-state index contributed by atoms with van der Waals surface area (Å²) in [5.41, 5.74) is 2.37. The molecule has 7 nitrogen and oxygen atoms in total. The Labute approximate surface area is 157 Å². The summed E-state index contributed by atoms with van der Waals surface area (Å²) in [6.45, 7) is 1.10. The van der Waals surface area contributed by atoms with Gasteiger partial charge in [-0.05, 0) is 35.7 Å². The number of nitrogens with zero attached hydrogens (tertiary/aromatic N) is 3. The number of nitrogens with one attached hydrogen (secondary N) is 2. The van der Waals surface area contributed by atoms with Gasteiger partial charge in [0.25, 0.3) is 5.91 Å². The number of carbonyl (C=O) groups excluding carboxylic acids is 1. The van der Waals surface area contributed by atoms with Gasteiger partial charge in [0.1, 0.15) is 17.3 Å². The van der Waals surface area contributed by atoms with E-state index in [0.717, 1.165) is 23.3 Å². The van der Waals surface area contributed by atoms with Crippen molar-refractivity contribution in [2.75, 3.05) is 19.0 Å². The van der Waals surface area contributed by atoms with Crippen LogP contribution in [0.4, 0.5) is 5.82 Å². The number of carbonyl (C=O) groups is 1. The first-order chi connectivity index (χ1) is 13.3. The highest BCUT2D eigenvalue weighted by Gasteiger charge is 2.08. The average molecular weight is 363 g/mol. The van der Waals surface area contributed by atoms with Gasteiger partial charge < -0.3 is 15.4 Å². The molecule has 0 aliphatic heterocycles. The number of rotatable bonds is 8. The van der Waals surface area contributed by atoms with Gasteiger partial charge in [0, 0.05) is 25.5 Å². The molecule has 2 N–H and O–H groups in total. The molecule has 1 amide bonds. The molecule has 3 rings (SSSR count). The largest absolute Gasteiger partial charge is 0.496 e. The molecule has 0 fully saturated rings. The molecular weight excluding hydrogens is 342 g/mol. The topological polar surface area (TPSA) is 89.0 Å². The minimum absolute atomic E-state index is 0.264. The van der Waals surface area contributed by atoms with Gasteiger partial charge in [0.2, 0.25) is 0 Å². The highest BCUT2D eigenvalue weighted by molar-refractivity contribution is 5.91. The van der Waals surface area contributed by atoms with E-state index in [1.54, 1.807) is 25.7 Å². The molecule has 0 aliphatic carbocycles. The van der Waals surface area contributed by atoms with E-state index < -0.39 is 0 Å². The predicted octanol–water partition coefficient (Wildman–Crippen LogP) is 2.46. The molecule has 138 valence electrons. The number of hydrogen-bond acceptors (Lipinski definition) is 6. The SMILES string of the molecule is COc1ccccc1CCNc1cnc(C(=O)NCc2ccncc2)cn1. The molecule has 2 aromatic heterocycles. The zero-order chi connectivity index (χ0) is 18.9. The van der Waals surface area contributed by atoms with Crippen LogP contribution in [-0.2, 0) is 13.0 Å². The van der Waals surface area contributed by atoms with E-state index in [0.29, 0.717) is 18.9 Å². The van der Waals surface area contributed by atoms with E-state index in [1.165, 1.54) is 6.20 Å². The van der Waals surface area contributed by atoms with Crippen LogP contribution >= 0.6 is 0 Å². The molecule has 7 heteroatoms. The monoisotopic (exact) mass is 363 g/mol. The Morgan fingerprint density at radius 3 is 2.63 bits per heavy atom. The number of benzene rings is 1. The summed E-state index contributed by atoms with van der Waals surface area (Å²) in [4.78, 5) is 24.5. The number of para-hydroxylation sites is 1. The minimum Gasteiger partial charge on any atom is -0.496 e. The first-order valence-corrected chi connectivity index (χ1v) is 8.61. The molecule has 0 saturated heterocycles. The van der Waals surface area contributed by atoms with Gasteiger partial charge in [0.15, 0.2) is 0 Å². The van der Waals surface area contributed by atoms with Gasteiger partial charge in [0.05, 0.1) is 19.5 Å². The third-order valence-corrected chi connectivity index (χ3v) is 3.98. The first kappa shape index (κ1) is 18.3. The molecule has 0 radical (unpaired) electrons. The van der Waals surface area contributed by atoms with Crippen molar-refractivity contribution in [3.8, 4) is 5.75 Å². The quantitative estimate of drug-likeness (QED) is 0.639. The van der Waals surface area contributed by atoms with E-state index in [1.807, 2.05) is 36.4 Å². The second kappa shape index (κ2) is 9.28. The average Bonchev–Trinajstić information content (AvgIpc) is 2.73. The first-order valence-electron chi connectivity index (χ1n) is 8.61. The van der Waals surface area contributed by atoms with Crippen LogP contribution < -0.4 is 15.4 Å². The second-order valence-electron chi connectivity index (χ2n) is 5.81. The maximum absolute atomic E-state index is 12.1. The highest BCUT2D eigenvalue weighted by atomic mass is 16.5. The second-order valence-corrected chi connectivity index (χ2v) is 5.81. The molecule has 0 atom stereocenters.